The molecule has 3 N–H and O–H groups in total. The monoisotopic (exact) mass is 481 g/mol. The van der Waals surface area contributed by atoms with Crippen molar-refractivity contribution in [3.05, 3.63) is 45.3 Å². The molecule has 1 aromatic heterocycles. The molecule has 1 aromatic rings. The summed E-state index contributed by atoms with van der Waals surface area (Å²) in [5.74, 6) is -0.422. The minimum absolute atomic E-state index is 0.0383. The summed E-state index contributed by atoms with van der Waals surface area (Å²) in [6.45, 7) is 5.18. The number of carbonyl (C=O) groups is 1. The highest BCUT2D eigenvalue weighted by atomic mass is 35.5. The Morgan fingerprint density at radius 3 is 2.84 bits per heavy atom. The summed E-state index contributed by atoms with van der Waals surface area (Å²) in [7, 11) is -3.57. The molecule has 3 unspecified atom stereocenters. The first-order chi connectivity index (χ1) is 14.4. The number of carbonyl (C=O) groups excluding carboxylic acids is 1. The van der Waals surface area contributed by atoms with Gasteiger partial charge in [-0.05, 0) is 32.9 Å². The van der Waals surface area contributed by atoms with Crippen LogP contribution in [0.1, 0.15) is 35.3 Å². The highest BCUT2D eigenvalue weighted by Gasteiger charge is 2.50. The normalized spacial score (nSPS) is 30.2. The number of nitrogens with two attached hydrogens (primary N) is 1. The number of thiophene rings is 1. The van der Waals surface area contributed by atoms with Gasteiger partial charge < -0.3 is 11.1 Å². The quantitative estimate of drug-likeness (QED) is 0.684. The number of aliphatic imine (C=N–C) groups is 1. The number of halogens is 1. The number of hydrogen-bond donors (Lipinski definition) is 2. The second-order valence-electron chi connectivity index (χ2n) is 8.56. The van der Waals surface area contributed by atoms with Gasteiger partial charge in [0.2, 0.25) is 0 Å². The van der Waals surface area contributed by atoms with Crippen molar-refractivity contribution in [2.24, 2.45) is 21.7 Å². The van der Waals surface area contributed by atoms with Gasteiger partial charge in [0.15, 0.2) is 9.84 Å². The van der Waals surface area contributed by atoms with E-state index >= 15 is 0 Å². The first-order valence-electron chi connectivity index (χ1n) is 9.78. The molecule has 3 atom stereocenters. The molecule has 0 spiro atoms. The molecule has 4 heterocycles. The van der Waals surface area contributed by atoms with Gasteiger partial charge in [-0.2, -0.15) is 5.10 Å². The molecule has 0 bridgehead atoms. The van der Waals surface area contributed by atoms with Crippen LogP contribution in [0.3, 0.4) is 0 Å². The number of rotatable bonds is 4. The lowest BCUT2D eigenvalue weighted by molar-refractivity contribution is 0.0952. The van der Waals surface area contributed by atoms with Crippen molar-refractivity contribution < 1.29 is 13.2 Å². The highest BCUT2D eigenvalue weighted by Crippen LogP contribution is 2.43. The average molecular weight is 482 g/mol. The number of hydrogen-bond acceptors (Lipinski definition) is 8. The van der Waals surface area contributed by atoms with Gasteiger partial charge in [0.1, 0.15) is 16.1 Å². The summed E-state index contributed by atoms with van der Waals surface area (Å²) in [4.78, 5) is 18.2. The van der Waals surface area contributed by atoms with Gasteiger partial charge in [-0.1, -0.05) is 23.8 Å². The van der Waals surface area contributed by atoms with Gasteiger partial charge in [-0.3, -0.25) is 14.8 Å². The zero-order chi connectivity index (χ0) is 22.6. The summed E-state index contributed by atoms with van der Waals surface area (Å²) in [5.41, 5.74) is 4.87. The van der Waals surface area contributed by atoms with Gasteiger partial charge in [-0.25, -0.2) is 8.42 Å². The van der Waals surface area contributed by atoms with E-state index in [1.165, 1.54) is 0 Å². The number of fused-ring (bicyclic) bond motifs is 1. The van der Waals surface area contributed by atoms with Crippen molar-refractivity contribution in [2.75, 3.05) is 12.3 Å². The Hall–Kier alpha value is -2.17. The summed E-state index contributed by atoms with van der Waals surface area (Å²) in [6, 6.07) is 1.64. The average Bonchev–Trinajstić information content (AvgIpc) is 3.28. The lowest BCUT2D eigenvalue weighted by Crippen LogP contribution is -2.54. The standard InChI is InChI=1S/C20H24ClN5O3S2/c1-19(2)18(22)25-20(3,11-31(19,28)29)16-13(21)8-15(30-16)17(27)23-9-12-10-24-26-7-5-4-6-14(12)26/h4-8,10,12,14H,9,11H2,1-3H3,(H2,22,25)(H,23,27). The third-order valence-corrected chi connectivity index (χ3v) is 10.4. The fourth-order valence-corrected chi connectivity index (χ4v) is 7.10. The minimum atomic E-state index is -3.57. The van der Waals surface area contributed by atoms with Gasteiger partial charge in [0.05, 0.1) is 26.6 Å². The van der Waals surface area contributed by atoms with E-state index in [0.717, 1.165) is 11.3 Å². The molecule has 0 saturated carbocycles. The Labute approximate surface area is 190 Å². The molecule has 3 aliphatic rings. The van der Waals surface area contributed by atoms with E-state index in [-0.39, 0.29) is 29.5 Å². The molecule has 11 heteroatoms. The van der Waals surface area contributed by atoms with Crippen molar-refractivity contribution in [1.82, 2.24) is 10.3 Å². The fraction of sp³-hybridized carbons (Fsp3) is 0.450. The molecule has 4 rings (SSSR count). The molecule has 0 aromatic carbocycles. The first kappa shape index (κ1) is 22.0. The van der Waals surface area contributed by atoms with E-state index in [0.29, 0.717) is 21.3 Å². The lowest BCUT2D eigenvalue weighted by Gasteiger charge is -2.37. The van der Waals surface area contributed by atoms with Crippen LogP contribution < -0.4 is 11.1 Å². The summed E-state index contributed by atoms with van der Waals surface area (Å²) in [6.07, 6.45) is 9.62. The van der Waals surface area contributed by atoms with Crippen LogP contribution in [-0.2, 0) is 15.4 Å². The maximum absolute atomic E-state index is 12.8. The van der Waals surface area contributed by atoms with Gasteiger partial charge in [0, 0.05) is 24.9 Å². The Balaban J connectivity index is 1.52. The Bertz CT molecular complexity index is 1150. The molecule has 3 aliphatic heterocycles. The van der Waals surface area contributed by atoms with Crippen LogP contribution in [0.2, 0.25) is 5.02 Å². The van der Waals surface area contributed by atoms with Gasteiger partial charge in [0.25, 0.3) is 5.91 Å². The van der Waals surface area contributed by atoms with Crippen molar-refractivity contribution in [3.63, 3.8) is 0 Å². The van der Waals surface area contributed by atoms with E-state index < -0.39 is 20.1 Å². The van der Waals surface area contributed by atoms with Crippen molar-refractivity contribution in [1.29, 1.82) is 0 Å². The highest BCUT2D eigenvalue weighted by molar-refractivity contribution is 7.93. The summed E-state index contributed by atoms with van der Waals surface area (Å²) < 4.78 is 24.4. The van der Waals surface area contributed by atoms with Gasteiger partial charge >= 0.3 is 0 Å². The zero-order valence-corrected chi connectivity index (χ0v) is 19.8. The zero-order valence-electron chi connectivity index (χ0n) is 17.4. The van der Waals surface area contributed by atoms with Crippen LogP contribution in [0.25, 0.3) is 0 Å². The third-order valence-electron chi connectivity index (χ3n) is 5.92. The summed E-state index contributed by atoms with van der Waals surface area (Å²) in [5, 5.41) is 9.41. The molecule has 0 aliphatic carbocycles. The first-order valence-corrected chi connectivity index (χ1v) is 12.6. The molecular formula is C20H24ClN5O3S2. The minimum Gasteiger partial charge on any atom is -0.386 e. The van der Waals surface area contributed by atoms with E-state index in [2.05, 4.69) is 15.4 Å². The third kappa shape index (κ3) is 3.70. The smallest absolute Gasteiger partial charge is 0.261 e. The van der Waals surface area contributed by atoms with Crippen LogP contribution in [0.5, 0.6) is 0 Å². The second kappa shape index (κ2) is 7.46. The van der Waals surface area contributed by atoms with Crippen molar-refractivity contribution in [3.8, 4) is 0 Å². The van der Waals surface area contributed by atoms with E-state index in [1.807, 2.05) is 35.7 Å². The molecule has 31 heavy (non-hydrogen) atoms. The van der Waals surface area contributed by atoms with Crippen molar-refractivity contribution >= 4 is 50.7 Å². The Kier molecular flexibility index (Phi) is 5.30. The number of amides is 1. The molecule has 166 valence electrons. The van der Waals surface area contributed by atoms with Crippen LogP contribution in [0, 0.1) is 5.92 Å². The number of sulfone groups is 1. The van der Waals surface area contributed by atoms with Crippen molar-refractivity contribution in [2.45, 2.75) is 37.1 Å². The number of nitrogens with one attached hydrogen (secondary N) is 1. The number of hydrazone groups is 1. The largest absolute Gasteiger partial charge is 0.386 e. The predicted octanol–water partition coefficient (Wildman–Crippen LogP) is 2.28. The lowest BCUT2D eigenvalue weighted by atomic mass is 10.0. The molecule has 0 fully saturated rings. The molecule has 8 nitrogen and oxygen atoms in total. The summed E-state index contributed by atoms with van der Waals surface area (Å²) >= 11 is 7.56. The Morgan fingerprint density at radius 1 is 1.39 bits per heavy atom. The van der Waals surface area contributed by atoms with Crippen LogP contribution in [-0.4, -0.2) is 54.5 Å². The molecule has 1 amide bonds. The SMILES string of the molecule is CC1(c2sc(C(=O)NCC3C=NN4C=CC=CC34)cc2Cl)CS(=O)(=O)C(C)(C)C(N)=N1. The Morgan fingerprint density at radius 2 is 2.13 bits per heavy atom. The van der Waals surface area contributed by atoms with Crippen LogP contribution >= 0.6 is 22.9 Å². The number of amidine groups is 1. The molecule has 0 radical (unpaired) electrons. The predicted molar refractivity (Wildman–Crippen MR) is 124 cm³/mol. The molecule has 0 saturated heterocycles. The van der Waals surface area contributed by atoms with Crippen LogP contribution in [0.4, 0.5) is 0 Å². The number of nitrogens with zero attached hydrogens (tertiary/aromatic N) is 3. The van der Waals surface area contributed by atoms with Crippen LogP contribution in [0.15, 0.2) is 40.6 Å². The topological polar surface area (TPSA) is 117 Å². The maximum Gasteiger partial charge on any atom is 0.261 e. The fourth-order valence-electron chi connectivity index (χ4n) is 3.79. The van der Waals surface area contributed by atoms with E-state index in [9.17, 15) is 13.2 Å². The van der Waals surface area contributed by atoms with E-state index in [4.69, 9.17) is 17.3 Å². The van der Waals surface area contributed by atoms with Gasteiger partial charge in [-0.15, -0.1) is 11.3 Å². The van der Waals surface area contributed by atoms with E-state index in [1.54, 1.807) is 26.8 Å². The maximum atomic E-state index is 12.8. The number of allylic oxidation sites excluding steroid dienone is 2. The second-order valence-corrected chi connectivity index (χ2v) is 12.6. The molecular weight excluding hydrogens is 458 g/mol.